The molecule has 1 heterocycles. The van der Waals surface area contributed by atoms with E-state index < -0.39 is 5.41 Å². The number of hydrogen-bond donors (Lipinski definition) is 2. The van der Waals surface area contributed by atoms with E-state index in [1.807, 2.05) is 0 Å². The Balaban J connectivity index is 2.46. The van der Waals surface area contributed by atoms with E-state index in [0.29, 0.717) is 5.56 Å². The highest BCUT2D eigenvalue weighted by molar-refractivity contribution is 6.08. The number of carbonyl (C=O) groups is 2. The van der Waals surface area contributed by atoms with Crippen LogP contribution in [0.25, 0.3) is 0 Å². The van der Waals surface area contributed by atoms with E-state index in [1.54, 1.807) is 19.1 Å². The topological polar surface area (TPSA) is 66.4 Å². The van der Waals surface area contributed by atoms with Crippen LogP contribution in [0.5, 0.6) is 5.75 Å². The molecule has 15 heavy (non-hydrogen) atoms. The normalized spacial score (nSPS) is 25.4. The molecule has 0 spiro atoms. The van der Waals surface area contributed by atoms with Gasteiger partial charge in [0.1, 0.15) is 5.75 Å². The highest BCUT2D eigenvalue weighted by atomic mass is 16.3. The maximum Gasteiger partial charge on any atom is 0.237 e. The number of amides is 2. The molecule has 0 bridgehead atoms. The first-order chi connectivity index (χ1) is 7.02. The van der Waals surface area contributed by atoms with Crippen LogP contribution in [0.2, 0.25) is 0 Å². The van der Waals surface area contributed by atoms with Gasteiger partial charge in [0.2, 0.25) is 11.8 Å². The van der Waals surface area contributed by atoms with Gasteiger partial charge >= 0.3 is 0 Å². The van der Waals surface area contributed by atoms with Crippen molar-refractivity contribution in [3.8, 4) is 5.75 Å². The van der Waals surface area contributed by atoms with Crippen LogP contribution in [0.3, 0.4) is 0 Å². The first-order valence-corrected chi connectivity index (χ1v) is 4.66. The van der Waals surface area contributed by atoms with Crippen molar-refractivity contribution >= 4 is 11.8 Å². The van der Waals surface area contributed by atoms with Crippen LogP contribution in [0.1, 0.15) is 18.9 Å². The van der Waals surface area contributed by atoms with Crippen LogP contribution in [-0.4, -0.2) is 16.9 Å². The summed E-state index contributed by atoms with van der Waals surface area (Å²) >= 11 is 0. The molecule has 78 valence electrons. The SMILES string of the molecule is CC1(c2cccc(O)c2)CC(=O)NC1=O. The lowest BCUT2D eigenvalue weighted by atomic mass is 9.81. The Labute approximate surface area is 86.9 Å². The van der Waals surface area contributed by atoms with Crippen LogP contribution in [-0.2, 0) is 15.0 Å². The number of hydrogen-bond acceptors (Lipinski definition) is 3. The zero-order valence-electron chi connectivity index (χ0n) is 8.28. The summed E-state index contributed by atoms with van der Waals surface area (Å²) in [5.74, 6) is -0.482. The molecular formula is C11H11NO3. The van der Waals surface area contributed by atoms with Gasteiger partial charge in [0.25, 0.3) is 0 Å². The van der Waals surface area contributed by atoms with Crippen molar-refractivity contribution in [2.24, 2.45) is 0 Å². The number of rotatable bonds is 1. The van der Waals surface area contributed by atoms with Gasteiger partial charge in [-0.3, -0.25) is 14.9 Å². The molecule has 4 nitrogen and oxygen atoms in total. The molecule has 1 fully saturated rings. The van der Waals surface area contributed by atoms with Gasteiger partial charge in [-0.25, -0.2) is 0 Å². The Hall–Kier alpha value is -1.84. The lowest BCUT2D eigenvalue weighted by Crippen LogP contribution is -2.32. The molecule has 0 radical (unpaired) electrons. The Kier molecular flexibility index (Phi) is 2.00. The summed E-state index contributed by atoms with van der Waals surface area (Å²) < 4.78 is 0. The maximum absolute atomic E-state index is 11.6. The van der Waals surface area contributed by atoms with E-state index in [2.05, 4.69) is 5.32 Å². The molecule has 4 heteroatoms. The predicted molar refractivity (Wildman–Crippen MR) is 53.2 cm³/mol. The highest BCUT2D eigenvalue weighted by Gasteiger charge is 2.43. The Bertz CT molecular complexity index is 441. The van der Waals surface area contributed by atoms with Crippen molar-refractivity contribution in [3.05, 3.63) is 29.8 Å². The fourth-order valence-electron chi connectivity index (χ4n) is 1.79. The van der Waals surface area contributed by atoms with E-state index in [9.17, 15) is 14.7 Å². The van der Waals surface area contributed by atoms with E-state index in [0.717, 1.165) is 0 Å². The van der Waals surface area contributed by atoms with Gasteiger partial charge in [-0.15, -0.1) is 0 Å². The van der Waals surface area contributed by atoms with E-state index in [-0.39, 0.29) is 24.0 Å². The predicted octanol–water partition coefficient (Wildman–Crippen LogP) is 0.696. The number of aromatic hydroxyl groups is 1. The number of nitrogens with one attached hydrogen (secondary N) is 1. The summed E-state index contributed by atoms with van der Waals surface area (Å²) in [6, 6.07) is 6.43. The first kappa shape index (κ1) is 9.71. The quantitative estimate of drug-likeness (QED) is 0.663. The lowest BCUT2D eigenvalue weighted by Gasteiger charge is -2.19. The third kappa shape index (κ3) is 1.48. The second-order valence-corrected chi connectivity index (χ2v) is 3.94. The molecule has 1 unspecified atom stereocenters. The maximum atomic E-state index is 11.6. The average molecular weight is 205 g/mol. The summed E-state index contributed by atoms with van der Waals surface area (Å²) in [6.07, 6.45) is 0.134. The Morgan fingerprint density at radius 3 is 2.67 bits per heavy atom. The fourth-order valence-corrected chi connectivity index (χ4v) is 1.79. The van der Waals surface area contributed by atoms with Crippen molar-refractivity contribution < 1.29 is 14.7 Å². The molecule has 2 N–H and O–H groups in total. The van der Waals surface area contributed by atoms with Crippen LogP contribution in [0.15, 0.2) is 24.3 Å². The summed E-state index contributed by atoms with van der Waals surface area (Å²) in [5.41, 5.74) is -0.193. The van der Waals surface area contributed by atoms with Crippen LogP contribution >= 0.6 is 0 Å². The molecule has 0 saturated carbocycles. The van der Waals surface area contributed by atoms with Crippen molar-refractivity contribution in [1.82, 2.24) is 5.32 Å². The van der Waals surface area contributed by atoms with E-state index in [4.69, 9.17) is 0 Å². The third-order valence-electron chi connectivity index (χ3n) is 2.75. The minimum absolute atomic E-state index is 0.0980. The standard InChI is InChI=1S/C11H11NO3/c1-11(6-9(14)12-10(11)15)7-3-2-4-8(13)5-7/h2-5,13H,6H2,1H3,(H,12,14,15). The summed E-state index contributed by atoms with van der Waals surface area (Å²) in [7, 11) is 0. The monoisotopic (exact) mass is 205 g/mol. The van der Waals surface area contributed by atoms with Crippen LogP contribution in [0.4, 0.5) is 0 Å². The molecule has 1 aromatic rings. The summed E-state index contributed by atoms with van der Waals surface area (Å²) in [6.45, 7) is 1.70. The third-order valence-corrected chi connectivity index (χ3v) is 2.75. The van der Waals surface area contributed by atoms with Gasteiger partial charge in [0.15, 0.2) is 0 Å². The molecule has 1 aliphatic rings. The molecule has 1 aliphatic heterocycles. The fraction of sp³-hybridized carbons (Fsp3) is 0.273. The minimum Gasteiger partial charge on any atom is -0.508 e. The molecule has 0 aliphatic carbocycles. The number of benzene rings is 1. The van der Waals surface area contributed by atoms with Gasteiger partial charge < -0.3 is 5.11 Å². The number of phenols is 1. The molecule has 2 amide bonds. The van der Waals surface area contributed by atoms with Crippen molar-refractivity contribution in [2.45, 2.75) is 18.8 Å². The molecule has 0 aromatic heterocycles. The second-order valence-electron chi connectivity index (χ2n) is 3.94. The lowest BCUT2D eigenvalue weighted by molar-refractivity contribution is -0.126. The minimum atomic E-state index is -0.851. The second kappa shape index (κ2) is 3.08. The highest BCUT2D eigenvalue weighted by Crippen LogP contribution is 2.33. The largest absolute Gasteiger partial charge is 0.508 e. The molecule has 1 atom stereocenters. The number of imide groups is 1. The zero-order chi connectivity index (χ0) is 11.1. The smallest absolute Gasteiger partial charge is 0.237 e. The van der Waals surface area contributed by atoms with Gasteiger partial charge in [-0.2, -0.15) is 0 Å². The van der Waals surface area contributed by atoms with Crippen molar-refractivity contribution in [3.63, 3.8) is 0 Å². The molecular weight excluding hydrogens is 194 g/mol. The Morgan fingerprint density at radius 2 is 2.13 bits per heavy atom. The Morgan fingerprint density at radius 1 is 1.40 bits per heavy atom. The van der Waals surface area contributed by atoms with Crippen LogP contribution < -0.4 is 5.32 Å². The van der Waals surface area contributed by atoms with Gasteiger partial charge in [0.05, 0.1) is 5.41 Å². The molecule has 1 aromatic carbocycles. The first-order valence-electron chi connectivity index (χ1n) is 4.66. The number of carbonyl (C=O) groups excluding carboxylic acids is 2. The molecule has 2 rings (SSSR count). The summed E-state index contributed by atoms with van der Waals surface area (Å²) in [5, 5.41) is 11.6. The van der Waals surface area contributed by atoms with Gasteiger partial charge in [-0.05, 0) is 24.6 Å². The van der Waals surface area contributed by atoms with Crippen molar-refractivity contribution in [2.75, 3.05) is 0 Å². The van der Waals surface area contributed by atoms with E-state index >= 15 is 0 Å². The van der Waals surface area contributed by atoms with Crippen molar-refractivity contribution in [1.29, 1.82) is 0 Å². The van der Waals surface area contributed by atoms with E-state index in [1.165, 1.54) is 12.1 Å². The van der Waals surface area contributed by atoms with Gasteiger partial charge in [-0.1, -0.05) is 12.1 Å². The molecule has 1 saturated heterocycles. The summed E-state index contributed by atoms with van der Waals surface area (Å²) in [4.78, 5) is 22.7. The number of phenolic OH excluding ortho intramolecular Hbond substituents is 1. The zero-order valence-corrected chi connectivity index (χ0v) is 8.28. The average Bonchev–Trinajstić information content (AvgIpc) is 2.42. The van der Waals surface area contributed by atoms with Crippen LogP contribution in [0, 0.1) is 0 Å². The van der Waals surface area contributed by atoms with Gasteiger partial charge in [0, 0.05) is 6.42 Å².